The number of carbonyl (C=O) groups is 6. The van der Waals surface area contributed by atoms with Gasteiger partial charge in [-0.3, -0.25) is 24.0 Å². The minimum absolute atomic E-state index is 0.118. The van der Waals surface area contributed by atoms with Crippen molar-refractivity contribution in [1.82, 2.24) is 0 Å². The summed E-state index contributed by atoms with van der Waals surface area (Å²) >= 11 is 0. The number of hydrogen-bond donors (Lipinski definition) is 0. The van der Waals surface area contributed by atoms with E-state index < -0.39 is 33.9 Å². The summed E-state index contributed by atoms with van der Waals surface area (Å²) < 4.78 is 0. The maximum absolute atomic E-state index is 12.2. The molecule has 0 aliphatic rings. The second-order valence-electron chi connectivity index (χ2n) is 4.30. The smallest absolute Gasteiger partial charge is 0.151 e. The maximum atomic E-state index is 12.2. The molecule has 0 aliphatic heterocycles. The van der Waals surface area contributed by atoms with Gasteiger partial charge in [0.05, 0.1) is 0 Å². The molecule has 1 atom stereocenters. The molecule has 1 aromatic carbocycles. The fraction of sp³-hybridized carbons (Fsp3) is 0.200. The van der Waals surface area contributed by atoms with Crippen LogP contribution >= 0.6 is 0 Å². The Morgan fingerprint density at radius 1 is 0.636 bits per heavy atom. The number of carbonyl (C=O) groups excluding carboxylic acids is 6. The van der Waals surface area contributed by atoms with Crippen LogP contribution in [0.15, 0.2) is 0 Å². The van der Waals surface area contributed by atoms with Crippen LogP contribution in [0.3, 0.4) is 0 Å². The fourth-order valence-electron chi connectivity index (χ4n) is 2.22. The van der Waals surface area contributed by atoms with Crippen LogP contribution in [0, 0.1) is 0 Å². The molecule has 0 fully saturated rings. The molecule has 22 heavy (non-hydrogen) atoms. The highest BCUT2D eigenvalue weighted by molar-refractivity contribution is 6.09. The number of benzene rings is 1. The van der Waals surface area contributed by atoms with Gasteiger partial charge in [-0.25, -0.2) is 5.11 Å². The molecule has 0 amide bonds. The van der Waals surface area contributed by atoms with E-state index in [1.165, 1.54) is 0 Å². The molecule has 1 radical (unpaired) electrons. The summed E-state index contributed by atoms with van der Waals surface area (Å²) in [4.78, 5) is 66.2. The van der Waals surface area contributed by atoms with Crippen molar-refractivity contribution in [2.45, 2.75) is 18.9 Å². The molecule has 113 valence electrons. The van der Waals surface area contributed by atoms with Crippen molar-refractivity contribution in [3.05, 3.63) is 33.4 Å². The van der Waals surface area contributed by atoms with Crippen LogP contribution in [0.5, 0.6) is 0 Å². The average molecular weight is 303 g/mol. The molecular formula is C15H11O7. The van der Waals surface area contributed by atoms with E-state index in [0.717, 1.165) is 0 Å². The first-order valence-corrected chi connectivity index (χ1v) is 6.20. The van der Waals surface area contributed by atoms with Crippen molar-refractivity contribution in [3.63, 3.8) is 0 Å². The SMILES string of the molecule is [O]C(CCC=O)c1c(C=O)c(C=O)c(C=O)c(C=O)c1C=O. The summed E-state index contributed by atoms with van der Waals surface area (Å²) in [6.07, 6.45) is -0.636. The molecule has 7 nitrogen and oxygen atoms in total. The van der Waals surface area contributed by atoms with E-state index in [1.807, 2.05) is 0 Å². The zero-order valence-electron chi connectivity index (χ0n) is 11.3. The van der Waals surface area contributed by atoms with Gasteiger partial charge in [0.25, 0.3) is 0 Å². The molecule has 0 heterocycles. The molecule has 0 saturated carbocycles. The Hall–Kier alpha value is -2.80. The number of aldehydes is 6. The zero-order valence-corrected chi connectivity index (χ0v) is 11.3. The average Bonchev–Trinajstić information content (AvgIpc) is 2.56. The third-order valence-corrected chi connectivity index (χ3v) is 3.20. The van der Waals surface area contributed by atoms with E-state index in [4.69, 9.17) is 0 Å². The highest BCUT2D eigenvalue weighted by atomic mass is 16.3. The lowest BCUT2D eigenvalue weighted by atomic mass is 9.85. The first kappa shape index (κ1) is 17.3. The van der Waals surface area contributed by atoms with Gasteiger partial charge in [-0.15, -0.1) is 0 Å². The van der Waals surface area contributed by atoms with Crippen molar-refractivity contribution >= 4 is 37.7 Å². The Labute approximate surface area is 124 Å². The molecule has 0 spiro atoms. The van der Waals surface area contributed by atoms with E-state index >= 15 is 0 Å². The van der Waals surface area contributed by atoms with Crippen molar-refractivity contribution < 1.29 is 33.9 Å². The molecule has 1 aromatic rings. The van der Waals surface area contributed by atoms with Gasteiger partial charge in [-0.2, -0.15) is 0 Å². The molecule has 0 N–H and O–H groups in total. The van der Waals surface area contributed by atoms with Crippen LogP contribution in [-0.4, -0.2) is 37.7 Å². The molecule has 0 bridgehead atoms. The van der Waals surface area contributed by atoms with Crippen LogP contribution in [0.25, 0.3) is 0 Å². The van der Waals surface area contributed by atoms with E-state index in [2.05, 4.69) is 0 Å². The molecule has 0 aliphatic carbocycles. The minimum atomic E-state index is -1.66. The van der Waals surface area contributed by atoms with E-state index in [0.29, 0.717) is 6.29 Å². The minimum Gasteiger partial charge on any atom is -0.303 e. The summed E-state index contributed by atoms with van der Waals surface area (Å²) in [6.45, 7) is 0. The van der Waals surface area contributed by atoms with Gasteiger partial charge in [0.1, 0.15) is 12.4 Å². The summed E-state index contributed by atoms with van der Waals surface area (Å²) in [5.41, 5.74) is -2.41. The van der Waals surface area contributed by atoms with Crippen LogP contribution in [0.2, 0.25) is 0 Å². The monoisotopic (exact) mass is 303 g/mol. The van der Waals surface area contributed by atoms with Crippen molar-refractivity contribution in [3.8, 4) is 0 Å². The lowest BCUT2D eigenvalue weighted by Gasteiger charge is -2.17. The highest BCUT2D eigenvalue weighted by Gasteiger charge is 2.27. The third kappa shape index (κ3) is 2.94. The predicted octanol–water partition coefficient (Wildman–Crippen LogP) is 1.20. The Bertz CT molecular complexity index is 605. The maximum Gasteiger partial charge on any atom is 0.151 e. The van der Waals surface area contributed by atoms with Gasteiger partial charge in [0.2, 0.25) is 0 Å². The Kier molecular flexibility index (Phi) is 6.15. The summed E-state index contributed by atoms with van der Waals surface area (Å²) in [5, 5.41) is 12.2. The van der Waals surface area contributed by atoms with Crippen LogP contribution < -0.4 is 0 Å². The Morgan fingerprint density at radius 2 is 1.00 bits per heavy atom. The number of hydrogen-bond acceptors (Lipinski definition) is 6. The highest BCUT2D eigenvalue weighted by Crippen LogP contribution is 2.31. The van der Waals surface area contributed by atoms with Crippen LogP contribution in [-0.2, 0) is 9.90 Å². The van der Waals surface area contributed by atoms with E-state index in [9.17, 15) is 33.9 Å². The van der Waals surface area contributed by atoms with Crippen molar-refractivity contribution in [1.29, 1.82) is 0 Å². The van der Waals surface area contributed by atoms with Gasteiger partial charge in [-0.1, -0.05) is 0 Å². The summed E-state index contributed by atoms with van der Waals surface area (Å²) in [5.74, 6) is 0. The largest absolute Gasteiger partial charge is 0.303 e. The standard InChI is InChI=1S/C15H11O7/c16-3-1-2-14(22)15-12(7-20)10(5-18)9(4-17)11(6-19)13(15)8-21/h3-8,14H,1-2H2. The third-order valence-electron chi connectivity index (χ3n) is 3.20. The summed E-state index contributed by atoms with van der Waals surface area (Å²) in [7, 11) is 0. The van der Waals surface area contributed by atoms with Gasteiger partial charge in [0, 0.05) is 39.8 Å². The van der Waals surface area contributed by atoms with Gasteiger partial charge < -0.3 is 4.79 Å². The lowest BCUT2D eigenvalue weighted by molar-refractivity contribution is -0.108. The molecule has 1 unspecified atom stereocenters. The lowest BCUT2D eigenvalue weighted by Crippen LogP contribution is -2.15. The topological polar surface area (TPSA) is 122 Å². The summed E-state index contributed by atoms with van der Waals surface area (Å²) in [6, 6.07) is 0. The predicted molar refractivity (Wildman–Crippen MR) is 72.1 cm³/mol. The Balaban J connectivity index is 3.86. The first-order valence-electron chi connectivity index (χ1n) is 6.20. The van der Waals surface area contributed by atoms with E-state index in [1.54, 1.807) is 0 Å². The van der Waals surface area contributed by atoms with Gasteiger partial charge in [0.15, 0.2) is 31.4 Å². The Morgan fingerprint density at radius 3 is 1.32 bits per heavy atom. The number of rotatable bonds is 9. The molecule has 7 heteroatoms. The second-order valence-corrected chi connectivity index (χ2v) is 4.30. The van der Waals surface area contributed by atoms with Crippen LogP contribution in [0.4, 0.5) is 0 Å². The van der Waals surface area contributed by atoms with Crippen LogP contribution in [0.1, 0.15) is 76.3 Å². The second kappa shape index (κ2) is 7.84. The van der Waals surface area contributed by atoms with Gasteiger partial charge in [-0.05, 0) is 6.42 Å². The molecule has 0 saturated heterocycles. The first-order chi connectivity index (χ1) is 10.6. The molecule has 0 aromatic heterocycles. The normalized spacial score (nSPS) is 11.3. The quantitative estimate of drug-likeness (QED) is 0.631. The molecule has 1 rings (SSSR count). The zero-order chi connectivity index (χ0) is 16.7. The van der Waals surface area contributed by atoms with Crippen molar-refractivity contribution in [2.24, 2.45) is 0 Å². The fourth-order valence-corrected chi connectivity index (χ4v) is 2.22. The van der Waals surface area contributed by atoms with Gasteiger partial charge >= 0.3 is 0 Å². The van der Waals surface area contributed by atoms with E-state index in [-0.39, 0.29) is 49.8 Å². The van der Waals surface area contributed by atoms with Crippen molar-refractivity contribution in [2.75, 3.05) is 0 Å². The molecular weight excluding hydrogens is 292 g/mol.